The fraction of sp³-hybridized carbons (Fsp3) is 0.600. The second-order valence-corrected chi connectivity index (χ2v) is 3.10. The SMILES string of the molecule is C1=C[C@@H](O[C@H]2C=CCOC2)OCC1. The minimum Gasteiger partial charge on any atom is -0.374 e. The normalized spacial score (nSPS) is 33.5. The molecule has 0 N–H and O–H groups in total. The molecule has 2 aliphatic rings. The van der Waals surface area contributed by atoms with Crippen molar-refractivity contribution >= 4 is 0 Å². The predicted octanol–water partition coefficient (Wildman–Crippen LogP) is 1.26. The average Bonchev–Trinajstić information content (AvgIpc) is 2.21. The minimum absolute atomic E-state index is 0.0431. The highest BCUT2D eigenvalue weighted by Crippen LogP contribution is 2.11. The third-order valence-corrected chi connectivity index (χ3v) is 2.02. The first-order valence-electron chi connectivity index (χ1n) is 4.63. The monoisotopic (exact) mass is 182 g/mol. The Morgan fingerprint density at radius 1 is 1.23 bits per heavy atom. The van der Waals surface area contributed by atoms with Gasteiger partial charge in [0.2, 0.25) is 0 Å². The Kier molecular flexibility index (Phi) is 3.13. The Balaban J connectivity index is 1.82. The average molecular weight is 182 g/mol. The number of rotatable bonds is 2. The molecule has 0 fully saturated rings. The van der Waals surface area contributed by atoms with Crippen LogP contribution < -0.4 is 0 Å². The Labute approximate surface area is 78.0 Å². The molecule has 0 aromatic carbocycles. The first-order chi connectivity index (χ1) is 6.45. The van der Waals surface area contributed by atoms with Gasteiger partial charge in [-0.05, 0) is 12.5 Å². The lowest BCUT2D eigenvalue weighted by molar-refractivity contribution is -0.148. The van der Waals surface area contributed by atoms with Gasteiger partial charge in [-0.3, -0.25) is 0 Å². The second kappa shape index (κ2) is 4.56. The molecular weight excluding hydrogens is 168 g/mol. The molecule has 72 valence electrons. The van der Waals surface area contributed by atoms with E-state index in [1.54, 1.807) is 0 Å². The van der Waals surface area contributed by atoms with E-state index in [-0.39, 0.29) is 12.4 Å². The summed E-state index contributed by atoms with van der Waals surface area (Å²) in [4.78, 5) is 0. The molecule has 13 heavy (non-hydrogen) atoms. The maximum atomic E-state index is 5.61. The summed E-state index contributed by atoms with van der Waals surface area (Å²) < 4.78 is 16.2. The Bertz CT molecular complexity index is 188. The number of hydrogen-bond donors (Lipinski definition) is 0. The molecule has 2 atom stereocenters. The van der Waals surface area contributed by atoms with Crippen LogP contribution in [-0.4, -0.2) is 32.2 Å². The molecule has 0 aliphatic carbocycles. The molecule has 0 aromatic heterocycles. The molecule has 2 heterocycles. The van der Waals surface area contributed by atoms with E-state index in [2.05, 4.69) is 6.08 Å². The first kappa shape index (κ1) is 8.94. The largest absolute Gasteiger partial charge is 0.374 e. The van der Waals surface area contributed by atoms with Crippen molar-refractivity contribution in [3.05, 3.63) is 24.3 Å². The minimum atomic E-state index is -0.190. The lowest BCUT2D eigenvalue weighted by Gasteiger charge is -2.24. The summed E-state index contributed by atoms with van der Waals surface area (Å²) in [5.41, 5.74) is 0. The van der Waals surface area contributed by atoms with Crippen LogP contribution >= 0.6 is 0 Å². The van der Waals surface area contributed by atoms with E-state index in [1.807, 2.05) is 18.2 Å². The van der Waals surface area contributed by atoms with E-state index in [0.29, 0.717) is 13.2 Å². The Morgan fingerprint density at radius 2 is 2.23 bits per heavy atom. The molecule has 3 heteroatoms. The Morgan fingerprint density at radius 3 is 2.92 bits per heavy atom. The van der Waals surface area contributed by atoms with E-state index in [4.69, 9.17) is 14.2 Å². The Hall–Kier alpha value is -0.640. The zero-order valence-electron chi connectivity index (χ0n) is 7.52. The quantitative estimate of drug-likeness (QED) is 0.602. The number of hydrogen-bond acceptors (Lipinski definition) is 3. The molecular formula is C10H14O3. The van der Waals surface area contributed by atoms with Crippen molar-refractivity contribution < 1.29 is 14.2 Å². The third-order valence-electron chi connectivity index (χ3n) is 2.02. The second-order valence-electron chi connectivity index (χ2n) is 3.10. The number of ether oxygens (including phenoxy) is 3. The van der Waals surface area contributed by atoms with Crippen molar-refractivity contribution in [2.45, 2.75) is 18.8 Å². The van der Waals surface area contributed by atoms with Crippen LogP contribution in [0, 0.1) is 0 Å². The van der Waals surface area contributed by atoms with Gasteiger partial charge in [0.25, 0.3) is 0 Å². The molecule has 0 bridgehead atoms. The van der Waals surface area contributed by atoms with Crippen LogP contribution in [-0.2, 0) is 14.2 Å². The molecule has 0 spiro atoms. The molecule has 0 saturated heterocycles. The highest BCUT2D eigenvalue weighted by molar-refractivity contribution is 4.96. The van der Waals surface area contributed by atoms with Crippen LogP contribution in [0.3, 0.4) is 0 Å². The van der Waals surface area contributed by atoms with Crippen molar-refractivity contribution in [3.8, 4) is 0 Å². The molecule has 3 nitrogen and oxygen atoms in total. The zero-order valence-corrected chi connectivity index (χ0v) is 7.52. The van der Waals surface area contributed by atoms with Crippen LogP contribution in [0.4, 0.5) is 0 Å². The van der Waals surface area contributed by atoms with Gasteiger partial charge >= 0.3 is 0 Å². The van der Waals surface area contributed by atoms with Crippen molar-refractivity contribution in [1.82, 2.24) is 0 Å². The topological polar surface area (TPSA) is 27.7 Å². The summed E-state index contributed by atoms with van der Waals surface area (Å²) in [6.45, 7) is 2.07. The van der Waals surface area contributed by atoms with Gasteiger partial charge in [-0.25, -0.2) is 0 Å². The molecule has 0 unspecified atom stereocenters. The summed E-state index contributed by atoms with van der Waals surface area (Å²) in [5, 5.41) is 0. The van der Waals surface area contributed by atoms with Crippen LogP contribution in [0.15, 0.2) is 24.3 Å². The van der Waals surface area contributed by atoms with Gasteiger partial charge in [-0.1, -0.05) is 18.2 Å². The smallest absolute Gasteiger partial charge is 0.177 e. The van der Waals surface area contributed by atoms with E-state index in [0.717, 1.165) is 13.0 Å². The summed E-state index contributed by atoms with van der Waals surface area (Å²) in [5.74, 6) is 0. The van der Waals surface area contributed by atoms with Gasteiger partial charge < -0.3 is 14.2 Å². The molecule has 2 rings (SSSR count). The fourth-order valence-electron chi connectivity index (χ4n) is 1.37. The maximum Gasteiger partial charge on any atom is 0.177 e. The lowest BCUT2D eigenvalue weighted by Crippen LogP contribution is -2.29. The van der Waals surface area contributed by atoms with Crippen LogP contribution in [0.25, 0.3) is 0 Å². The summed E-state index contributed by atoms with van der Waals surface area (Å²) >= 11 is 0. The van der Waals surface area contributed by atoms with Crippen molar-refractivity contribution in [3.63, 3.8) is 0 Å². The fourth-order valence-corrected chi connectivity index (χ4v) is 1.37. The highest BCUT2D eigenvalue weighted by atomic mass is 16.7. The molecule has 0 aromatic rings. The van der Waals surface area contributed by atoms with Gasteiger partial charge in [0.1, 0.15) is 6.10 Å². The summed E-state index contributed by atoms with van der Waals surface area (Å²) in [6.07, 6.45) is 8.87. The van der Waals surface area contributed by atoms with Crippen molar-refractivity contribution in [2.75, 3.05) is 19.8 Å². The molecule has 0 amide bonds. The van der Waals surface area contributed by atoms with Crippen LogP contribution in [0.5, 0.6) is 0 Å². The van der Waals surface area contributed by atoms with Gasteiger partial charge in [0, 0.05) is 0 Å². The van der Waals surface area contributed by atoms with E-state index < -0.39 is 0 Å². The molecule has 0 radical (unpaired) electrons. The van der Waals surface area contributed by atoms with Crippen molar-refractivity contribution in [1.29, 1.82) is 0 Å². The van der Waals surface area contributed by atoms with Crippen molar-refractivity contribution in [2.24, 2.45) is 0 Å². The standard InChI is InChI=1S/C10H14O3/c1-2-7-12-10(5-1)13-9-4-3-6-11-8-9/h1,3-5,9-10H,2,6-8H2/t9-,10+/m0/s1. The van der Waals surface area contributed by atoms with Crippen LogP contribution in [0.1, 0.15) is 6.42 Å². The molecule has 2 aliphatic heterocycles. The zero-order chi connectivity index (χ0) is 8.93. The summed E-state index contributed by atoms with van der Waals surface area (Å²) in [6, 6.07) is 0. The van der Waals surface area contributed by atoms with E-state index >= 15 is 0 Å². The van der Waals surface area contributed by atoms with Gasteiger partial charge in [0.15, 0.2) is 6.29 Å². The molecule has 0 saturated carbocycles. The van der Waals surface area contributed by atoms with E-state index in [1.165, 1.54) is 0 Å². The third kappa shape index (κ3) is 2.66. The van der Waals surface area contributed by atoms with Crippen LogP contribution in [0.2, 0.25) is 0 Å². The first-order valence-corrected chi connectivity index (χ1v) is 4.63. The van der Waals surface area contributed by atoms with Gasteiger partial charge in [-0.2, -0.15) is 0 Å². The maximum absolute atomic E-state index is 5.61. The predicted molar refractivity (Wildman–Crippen MR) is 48.3 cm³/mol. The summed E-state index contributed by atoms with van der Waals surface area (Å²) in [7, 11) is 0. The van der Waals surface area contributed by atoms with Gasteiger partial charge in [-0.15, -0.1) is 0 Å². The van der Waals surface area contributed by atoms with Gasteiger partial charge in [0.05, 0.1) is 19.8 Å². The lowest BCUT2D eigenvalue weighted by atomic mass is 10.3. The van der Waals surface area contributed by atoms with E-state index in [9.17, 15) is 0 Å². The highest BCUT2D eigenvalue weighted by Gasteiger charge is 2.16.